The summed E-state index contributed by atoms with van der Waals surface area (Å²) in [6.45, 7) is 0. The van der Waals surface area contributed by atoms with Crippen LogP contribution in [0.4, 0.5) is 5.69 Å². The summed E-state index contributed by atoms with van der Waals surface area (Å²) in [4.78, 5) is 29.1. The number of hydrogen-bond donors (Lipinski definition) is 1. The number of pyridine rings is 1. The number of oxazole rings is 1. The topological polar surface area (TPSA) is 77.1 Å². The smallest absolute Gasteiger partial charge is 0.408 e. The Bertz CT molecular complexity index is 1160. The van der Waals surface area contributed by atoms with Crippen molar-refractivity contribution in [1.29, 1.82) is 0 Å². The van der Waals surface area contributed by atoms with Crippen LogP contribution >= 0.6 is 0 Å². The number of aryl methyl sites for hydroxylation is 1. The first-order chi connectivity index (χ1) is 13.6. The lowest BCUT2D eigenvalue weighted by atomic mass is 9.93. The summed E-state index contributed by atoms with van der Waals surface area (Å²) in [5, 5.41) is 2.97. The van der Waals surface area contributed by atoms with Gasteiger partial charge in [-0.25, -0.2) is 4.79 Å². The summed E-state index contributed by atoms with van der Waals surface area (Å²) in [6, 6.07) is 20.5. The minimum absolute atomic E-state index is 0.135. The highest BCUT2D eigenvalue weighted by atomic mass is 16.4. The van der Waals surface area contributed by atoms with E-state index < -0.39 is 5.76 Å². The first-order valence-electron chi connectivity index (χ1n) is 8.97. The standard InChI is InChI=1S/C22H19N3O3/c1-25-19-14-17(10-11-20(19)28-22(25)27)24-21(26)18(15-7-3-2-4-8-15)13-16-9-5-6-12-23-16/h2-12,14,18H,13H2,1H3,(H,24,26). The van der Waals surface area contributed by atoms with Gasteiger partial charge in [0.05, 0.1) is 11.4 Å². The van der Waals surface area contributed by atoms with Gasteiger partial charge in [0.25, 0.3) is 0 Å². The third-order valence-corrected chi connectivity index (χ3v) is 4.72. The first kappa shape index (κ1) is 17.7. The predicted octanol–water partition coefficient (Wildman–Crippen LogP) is 3.49. The van der Waals surface area contributed by atoms with Crippen molar-refractivity contribution in [3.05, 3.63) is 94.7 Å². The second-order valence-electron chi connectivity index (χ2n) is 6.59. The van der Waals surface area contributed by atoms with Gasteiger partial charge in [-0.2, -0.15) is 0 Å². The molecule has 0 saturated carbocycles. The van der Waals surface area contributed by atoms with E-state index in [0.29, 0.717) is 23.2 Å². The molecular weight excluding hydrogens is 354 g/mol. The predicted molar refractivity (Wildman–Crippen MR) is 107 cm³/mol. The largest absolute Gasteiger partial charge is 0.419 e. The molecule has 0 bridgehead atoms. The Morgan fingerprint density at radius 1 is 1.11 bits per heavy atom. The molecule has 28 heavy (non-hydrogen) atoms. The number of benzene rings is 2. The number of nitrogens with zero attached hydrogens (tertiary/aromatic N) is 2. The highest BCUT2D eigenvalue weighted by Gasteiger charge is 2.22. The van der Waals surface area contributed by atoms with Gasteiger partial charge >= 0.3 is 5.76 Å². The third-order valence-electron chi connectivity index (χ3n) is 4.72. The molecule has 0 aliphatic rings. The van der Waals surface area contributed by atoms with E-state index in [0.717, 1.165) is 11.3 Å². The van der Waals surface area contributed by atoms with E-state index in [4.69, 9.17) is 4.42 Å². The summed E-state index contributed by atoms with van der Waals surface area (Å²) in [6.07, 6.45) is 2.21. The number of rotatable bonds is 5. The van der Waals surface area contributed by atoms with Crippen LogP contribution in [0.25, 0.3) is 11.1 Å². The lowest BCUT2D eigenvalue weighted by molar-refractivity contribution is -0.117. The van der Waals surface area contributed by atoms with Crippen LogP contribution in [0.15, 0.2) is 82.1 Å². The maximum absolute atomic E-state index is 13.1. The van der Waals surface area contributed by atoms with Gasteiger partial charge in [0, 0.05) is 31.0 Å². The average Bonchev–Trinajstić information content (AvgIpc) is 3.01. The lowest BCUT2D eigenvalue weighted by Crippen LogP contribution is -2.23. The summed E-state index contributed by atoms with van der Waals surface area (Å²) in [5.74, 6) is -0.958. The minimum Gasteiger partial charge on any atom is -0.408 e. The van der Waals surface area contributed by atoms with E-state index in [-0.39, 0.29) is 11.8 Å². The van der Waals surface area contributed by atoms with Gasteiger partial charge in [-0.1, -0.05) is 36.4 Å². The van der Waals surface area contributed by atoms with Crippen LogP contribution in [0.2, 0.25) is 0 Å². The number of carbonyl (C=O) groups is 1. The highest BCUT2D eigenvalue weighted by molar-refractivity contribution is 5.97. The Morgan fingerprint density at radius 2 is 1.89 bits per heavy atom. The Balaban J connectivity index is 1.63. The summed E-state index contributed by atoms with van der Waals surface area (Å²) in [7, 11) is 1.63. The molecule has 1 unspecified atom stereocenters. The fraction of sp³-hybridized carbons (Fsp3) is 0.136. The van der Waals surface area contributed by atoms with Gasteiger partial charge < -0.3 is 9.73 Å². The average molecular weight is 373 g/mol. The molecule has 1 amide bonds. The maximum atomic E-state index is 13.1. The number of carbonyl (C=O) groups excluding carboxylic acids is 1. The fourth-order valence-electron chi connectivity index (χ4n) is 3.21. The summed E-state index contributed by atoms with van der Waals surface area (Å²) in [5.41, 5.74) is 3.49. The van der Waals surface area contributed by atoms with Crippen molar-refractivity contribution >= 4 is 22.7 Å². The van der Waals surface area contributed by atoms with E-state index in [1.807, 2.05) is 48.5 Å². The zero-order valence-corrected chi connectivity index (χ0v) is 15.3. The highest BCUT2D eigenvalue weighted by Crippen LogP contribution is 2.24. The van der Waals surface area contributed by atoms with Gasteiger partial charge in [0.2, 0.25) is 5.91 Å². The molecule has 0 aliphatic carbocycles. The molecule has 0 saturated heterocycles. The molecule has 0 spiro atoms. The van der Waals surface area contributed by atoms with Gasteiger partial charge in [-0.05, 0) is 35.9 Å². The second kappa shape index (κ2) is 7.52. The number of nitrogens with one attached hydrogen (secondary N) is 1. The van der Waals surface area contributed by atoms with Crippen molar-refractivity contribution in [3.63, 3.8) is 0 Å². The molecular formula is C22H19N3O3. The summed E-state index contributed by atoms with van der Waals surface area (Å²) < 4.78 is 6.55. The quantitative estimate of drug-likeness (QED) is 0.581. The molecule has 6 nitrogen and oxygen atoms in total. The fourth-order valence-corrected chi connectivity index (χ4v) is 3.21. The third kappa shape index (κ3) is 3.57. The molecule has 1 atom stereocenters. The second-order valence-corrected chi connectivity index (χ2v) is 6.59. The molecule has 0 aliphatic heterocycles. The SMILES string of the molecule is Cn1c(=O)oc2ccc(NC(=O)C(Cc3ccccn3)c3ccccc3)cc21. The molecule has 6 heteroatoms. The monoisotopic (exact) mass is 373 g/mol. The first-order valence-corrected chi connectivity index (χ1v) is 8.97. The Labute approximate surface area is 161 Å². The van der Waals surface area contributed by atoms with Crippen LogP contribution in [-0.2, 0) is 18.3 Å². The molecule has 140 valence electrons. The van der Waals surface area contributed by atoms with Crippen LogP contribution in [0.3, 0.4) is 0 Å². The molecule has 0 fully saturated rings. The van der Waals surface area contributed by atoms with E-state index in [2.05, 4.69) is 10.3 Å². The van der Waals surface area contributed by atoms with Crippen molar-refractivity contribution in [2.75, 3.05) is 5.32 Å². The lowest BCUT2D eigenvalue weighted by Gasteiger charge is -2.17. The van der Waals surface area contributed by atoms with Gasteiger partial charge in [-0.15, -0.1) is 0 Å². The van der Waals surface area contributed by atoms with Crippen LogP contribution in [-0.4, -0.2) is 15.5 Å². The minimum atomic E-state index is -0.434. The van der Waals surface area contributed by atoms with E-state index >= 15 is 0 Å². The number of fused-ring (bicyclic) bond motifs is 1. The number of amides is 1. The number of hydrogen-bond acceptors (Lipinski definition) is 4. The van der Waals surface area contributed by atoms with Crippen LogP contribution in [0.1, 0.15) is 17.2 Å². The van der Waals surface area contributed by atoms with Crippen LogP contribution < -0.4 is 11.1 Å². The molecule has 1 N–H and O–H groups in total. The molecule has 4 aromatic rings. The van der Waals surface area contributed by atoms with Crippen molar-refractivity contribution in [2.45, 2.75) is 12.3 Å². The molecule has 2 heterocycles. The van der Waals surface area contributed by atoms with Crippen molar-refractivity contribution < 1.29 is 9.21 Å². The number of aromatic nitrogens is 2. The van der Waals surface area contributed by atoms with Gasteiger partial charge in [0.15, 0.2) is 5.58 Å². The molecule has 0 radical (unpaired) electrons. The molecule has 2 aromatic carbocycles. The maximum Gasteiger partial charge on any atom is 0.419 e. The van der Waals surface area contributed by atoms with Crippen molar-refractivity contribution in [3.8, 4) is 0 Å². The molecule has 4 rings (SSSR count). The molecule has 2 aromatic heterocycles. The Hall–Kier alpha value is -3.67. The van der Waals surface area contributed by atoms with Gasteiger partial charge in [0.1, 0.15) is 0 Å². The van der Waals surface area contributed by atoms with Gasteiger partial charge in [-0.3, -0.25) is 14.3 Å². The van der Waals surface area contributed by atoms with Crippen LogP contribution in [0, 0.1) is 0 Å². The van der Waals surface area contributed by atoms with Crippen LogP contribution in [0.5, 0.6) is 0 Å². The zero-order chi connectivity index (χ0) is 19.5. The van der Waals surface area contributed by atoms with E-state index in [1.165, 1.54) is 4.57 Å². The van der Waals surface area contributed by atoms with E-state index in [1.54, 1.807) is 31.4 Å². The number of anilines is 1. The van der Waals surface area contributed by atoms with Crippen molar-refractivity contribution in [1.82, 2.24) is 9.55 Å². The zero-order valence-electron chi connectivity index (χ0n) is 15.3. The van der Waals surface area contributed by atoms with E-state index in [9.17, 15) is 9.59 Å². The Kier molecular flexibility index (Phi) is 4.76. The normalized spacial score (nSPS) is 12.0. The van der Waals surface area contributed by atoms with Crippen molar-refractivity contribution in [2.24, 2.45) is 7.05 Å². The Morgan fingerprint density at radius 3 is 2.64 bits per heavy atom. The summed E-state index contributed by atoms with van der Waals surface area (Å²) >= 11 is 0.